The van der Waals surface area contributed by atoms with Crippen molar-refractivity contribution < 1.29 is 14.3 Å². The van der Waals surface area contributed by atoms with Crippen LogP contribution < -0.4 is 0 Å². The summed E-state index contributed by atoms with van der Waals surface area (Å²) in [5.41, 5.74) is 1.11. The number of furan rings is 1. The lowest BCUT2D eigenvalue weighted by molar-refractivity contribution is -0.206. The molecule has 29 heavy (non-hydrogen) atoms. The van der Waals surface area contributed by atoms with Gasteiger partial charge in [-0.1, -0.05) is 19.9 Å². The Hall–Kier alpha value is -1.06. The van der Waals surface area contributed by atoms with Gasteiger partial charge in [0, 0.05) is 5.41 Å². The molecule has 0 aromatic carbocycles. The van der Waals surface area contributed by atoms with E-state index in [-0.39, 0.29) is 5.41 Å². The van der Waals surface area contributed by atoms with Gasteiger partial charge in [0.15, 0.2) is 0 Å². The highest BCUT2D eigenvalue weighted by molar-refractivity contribution is 5.26. The molecule has 5 rings (SSSR count). The summed E-state index contributed by atoms with van der Waals surface area (Å²) in [6.45, 7) is 9.40. The van der Waals surface area contributed by atoms with Gasteiger partial charge in [-0.3, -0.25) is 0 Å². The topological polar surface area (TPSA) is 42.6 Å². The van der Waals surface area contributed by atoms with Crippen molar-refractivity contribution in [3.05, 3.63) is 36.8 Å². The first-order valence-corrected chi connectivity index (χ1v) is 11.9. The second kappa shape index (κ2) is 6.99. The van der Waals surface area contributed by atoms with Crippen LogP contribution in [0.25, 0.3) is 0 Å². The highest BCUT2D eigenvalue weighted by atomic mass is 16.5. The predicted octanol–water partition coefficient (Wildman–Crippen LogP) is 6.09. The molecule has 0 bridgehead atoms. The van der Waals surface area contributed by atoms with Gasteiger partial charge in [-0.2, -0.15) is 0 Å². The van der Waals surface area contributed by atoms with Crippen molar-refractivity contribution in [3.63, 3.8) is 0 Å². The molecule has 0 spiro atoms. The summed E-state index contributed by atoms with van der Waals surface area (Å²) in [5, 5.41) is 12.2. The Labute approximate surface area is 175 Å². The molecule has 1 heterocycles. The second-order valence-corrected chi connectivity index (χ2v) is 11.0. The molecule has 0 radical (unpaired) electrons. The average Bonchev–Trinajstić information content (AvgIpc) is 3.32. The van der Waals surface area contributed by atoms with Gasteiger partial charge < -0.3 is 14.3 Å². The van der Waals surface area contributed by atoms with Crippen LogP contribution in [0.15, 0.2) is 35.7 Å². The molecule has 0 aliphatic heterocycles. The van der Waals surface area contributed by atoms with Crippen molar-refractivity contribution in [2.24, 2.45) is 28.6 Å². The molecule has 4 saturated carbocycles. The number of fused-ring (bicyclic) bond motifs is 5. The minimum atomic E-state index is -0.526. The molecule has 0 unspecified atom stereocenters. The van der Waals surface area contributed by atoms with Crippen molar-refractivity contribution in [3.8, 4) is 0 Å². The number of hydrogen-bond donors (Lipinski definition) is 1. The van der Waals surface area contributed by atoms with E-state index in [0.717, 1.165) is 31.6 Å². The van der Waals surface area contributed by atoms with Crippen molar-refractivity contribution in [1.29, 1.82) is 0 Å². The summed E-state index contributed by atoms with van der Waals surface area (Å²) in [6.07, 6.45) is 16.5. The fourth-order valence-electron chi connectivity index (χ4n) is 8.55. The molecule has 1 aromatic heterocycles. The Bertz CT molecular complexity index is 741. The van der Waals surface area contributed by atoms with Crippen LogP contribution in [0.5, 0.6) is 0 Å². The van der Waals surface area contributed by atoms with Crippen molar-refractivity contribution in [1.82, 2.24) is 0 Å². The lowest BCUT2D eigenvalue weighted by Crippen LogP contribution is -2.62. The number of hydrogen-bond acceptors (Lipinski definition) is 3. The van der Waals surface area contributed by atoms with Crippen LogP contribution in [-0.4, -0.2) is 23.4 Å². The zero-order chi connectivity index (χ0) is 20.3. The third-order valence-corrected chi connectivity index (χ3v) is 10.2. The van der Waals surface area contributed by atoms with Gasteiger partial charge in [-0.25, -0.2) is 0 Å². The summed E-state index contributed by atoms with van der Waals surface area (Å²) in [5.74, 6) is 2.28. The molecule has 3 nitrogen and oxygen atoms in total. The van der Waals surface area contributed by atoms with Crippen LogP contribution in [0.3, 0.4) is 0 Å². The predicted molar refractivity (Wildman–Crippen MR) is 115 cm³/mol. The summed E-state index contributed by atoms with van der Waals surface area (Å²) < 4.78 is 11.5. The zero-order valence-corrected chi connectivity index (χ0v) is 18.2. The van der Waals surface area contributed by atoms with Gasteiger partial charge >= 0.3 is 0 Å². The van der Waals surface area contributed by atoms with Gasteiger partial charge in [-0.15, -0.1) is 6.58 Å². The largest absolute Gasteiger partial charge is 0.472 e. The Balaban J connectivity index is 1.40. The lowest BCUT2D eigenvalue weighted by Gasteiger charge is -2.63. The van der Waals surface area contributed by atoms with Crippen LogP contribution >= 0.6 is 0 Å². The fourth-order valence-corrected chi connectivity index (χ4v) is 8.55. The van der Waals surface area contributed by atoms with E-state index in [9.17, 15) is 5.11 Å². The van der Waals surface area contributed by atoms with Crippen molar-refractivity contribution in [2.45, 2.75) is 89.3 Å². The van der Waals surface area contributed by atoms with E-state index in [1.165, 1.54) is 37.7 Å². The maximum atomic E-state index is 12.2. The highest BCUT2D eigenvalue weighted by Gasteiger charge is 2.67. The van der Waals surface area contributed by atoms with Crippen molar-refractivity contribution >= 4 is 0 Å². The molecule has 1 N–H and O–H groups in total. The zero-order valence-electron chi connectivity index (χ0n) is 18.2. The molecular formula is C26H38O3. The molecule has 4 aliphatic carbocycles. The molecule has 4 aliphatic rings. The van der Waals surface area contributed by atoms with Gasteiger partial charge in [0.05, 0.1) is 30.8 Å². The first kappa shape index (κ1) is 19.9. The summed E-state index contributed by atoms with van der Waals surface area (Å²) >= 11 is 0. The van der Waals surface area contributed by atoms with Gasteiger partial charge in [0.2, 0.25) is 0 Å². The van der Waals surface area contributed by atoms with E-state index < -0.39 is 5.60 Å². The lowest BCUT2D eigenvalue weighted by atomic mass is 9.43. The van der Waals surface area contributed by atoms with Crippen LogP contribution in [0.2, 0.25) is 0 Å². The van der Waals surface area contributed by atoms with E-state index in [4.69, 9.17) is 9.15 Å². The molecule has 4 fully saturated rings. The Morgan fingerprint density at radius 1 is 1.14 bits per heavy atom. The number of rotatable bonds is 4. The smallest absolute Gasteiger partial charge is 0.0937 e. The van der Waals surface area contributed by atoms with E-state index in [1.807, 2.05) is 12.3 Å². The van der Waals surface area contributed by atoms with E-state index in [1.54, 1.807) is 6.26 Å². The van der Waals surface area contributed by atoms with Crippen LogP contribution in [-0.2, 0) is 4.74 Å². The van der Waals surface area contributed by atoms with Crippen molar-refractivity contribution in [2.75, 3.05) is 6.61 Å². The third kappa shape index (κ3) is 2.76. The van der Waals surface area contributed by atoms with E-state index >= 15 is 0 Å². The minimum absolute atomic E-state index is 0.0223. The molecule has 0 amide bonds. The number of aliphatic hydroxyl groups is 1. The Kier molecular flexibility index (Phi) is 4.79. The molecule has 160 valence electrons. The number of ether oxygens (including phenoxy) is 1. The van der Waals surface area contributed by atoms with E-state index in [2.05, 4.69) is 26.5 Å². The summed E-state index contributed by atoms with van der Waals surface area (Å²) in [7, 11) is 0. The summed E-state index contributed by atoms with van der Waals surface area (Å²) in [4.78, 5) is 0. The molecule has 3 heteroatoms. The standard InChI is InChI=1S/C26H38O3/c1-4-14-29-20-7-11-24(2)19(16-20)5-6-23-22(24)8-12-25(3)21(9-13-26(23,25)27)18-10-15-28-17-18/h4,10,15,17,19-23,27H,1,5-9,11-14,16H2,2-3H3/t19-,20+,21-,22+,23-,24+,25-,26-/m1/s1. The minimum Gasteiger partial charge on any atom is -0.472 e. The van der Waals surface area contributed by atoms with Gasteiger partial charge in [0.25, 0.3) is 0 Å². The Morgan fingerprint density at radius 3 is 2.76 bits per heavy atom. The van der Waals surface area contributed by atoms with Crippen LogP contribution in [0.4, 0.5) is 0 Å². The maximum Gasteiger partial charge on any atom is 0.0937 e. The van der Waals surface area contributed by atoms with Crippen LogP contribution in [0.1, 0.15) is 83.1 Å². The normalized spacial score (nSPS) is 49.1. The fraction of sp³-hybridized carbons (Fsp3) is 0.769. The third-order valence-electron chi connectivity index (χ3n) is 10.2. The second-order valence-electron chi connectivity index (χ2n) is 11.0. The Morgan fingerprint density at radius 2 is 2.00 bits per heavy atom. The summed E-state index contributed by atoms with van der Waals surface area (Å²) in [6, 6.07) is 2.12. The average molecular weight is 399 g/mol. The van der Waals surface area contributed by atoms with Crippen LogP contribution in [0, 0.1) is 28.6 Å². The van der Waals surface area contributed by atoms with E-state index in [0.29, 0.717) is 35.9 Å². The monoisotopic (exact) mass is 398 g/mol. The van der Waals surface area contributed by atoms with Gasteiger partial charge in [-0.05, 0) is 98.5 Å². The maximum absolute atomic E-state index is 12.2. The first-order valence-electron chi connectivity index (χ1n) is 11.9. The highest BCUT2D eigenvalue weighted by Crippen LogP contribution is 2.70. The first-order chi connectivity index (χ1) is 13.9. The molecular weight excluding hydrogens is 360 g/mol. The molecule has 0 saturated heterocycles. The quantitative estimate of drug-likeness (QED) is 0.624. The molecule has 8 atom stereocenters. The molecule has 1 aromatic rings. The van der Waals surface area contributed by atoms with Gasteiger partial charge in [0.1, 0.15) is 0 Å². The SMILES string of the molecule is C=CCO[C@H]1CC[C@@]2(C)[C@H](CC[C@@H]3[C@@H]2CC[C@]2(C)[C@@H](c4ccoc4)CC[C@@]32O)C1.